The van der Waals surface area contributed by atoms with E-state index in [9.17, 15) is 0 Å². The number of hydrogen-bond acceptors (Lipinski definition) is 4. The molecule has 0 amide bonds. The van der Waals surface area contributed by atoms with Crippen LogP contribution in [0.4, 0.5) is 5.69 Å². The Morgan fingerprint density at radius 2 is 1.79 bits per heavy atom. The van der Waals surface area contributed by atoms with Crippen LogP contribution in [0.25, 0.3) is 27.4 Å². The van der Waals surface area contributed by atoms with E-state index in [1.54, 1.807) is 6.20 Å². The predicted molar refractivity (Wildman–Crippen MR) is 107 cm³/mol. The van der Waals surface area contributed by atoms with Crippen molar-refractivity contribution in [3.8, 4) is 22.6 Å². The van der Waals surface area contributed by atoms with Gasteiger partial charge in [0.2, 0.25) is 0 Å². The summed E-state index contributed by atoms with van der Waals surface area (Å²) in [5.74, 6) is 1.11. The maximum Gasteiger partial charge on any atom is 0.260 e. The molecule has 0 fully saturated rings. The monoisotopic (exact) mass is 369 g/mol. The zero-order chi connectivity index (χ0) is 19.7. The summed E-state index contributed by atoms with van der Waals surface area (Å²) in [6.45, 7) is 13.9. The molecule has 0 atom stereocenters. The summed E-state index contributed by atoms with van der Waals surface area (Å²) in [5.41, 5.74) is 6.87. The van der Waals surface area contributed by atoms with Gasteiger partial charge < -0.3 is 9.09 Å². The van der Waals surface area contributed by atoms with Gasteiger partial charge in [-0.2, -0.15) is 4.98 Å². The van der Waals surface area contributed by atoms with Gasteiger partial charge in [-0.05, 0) is 38.0 Å². The number of nitrogens with zero attached hydrogens (tertiary/aromatic N) is 5. The molecule has 6 heteroatoms. The van der Waals surface area contributed by atoms with Crippen molar-refractivity contribution in [2.24, 2.45) is 0 Å². The van der Waals surface area contributed by atoms with Crippen LogP contribution >= 0.6 is 0 Å². The Balaban J connectivity index is 1.92. The molecule has 3 aromatic heterocycles. The molecule has 0 aliphatic carbocycles. The molecule has 0 saturated heterocycles. The van der Waals surface area contributed by atoms with Gasteiger partial charge in [0.25, 0.3) is 5.89 Å². The zero-order valence-corrected chi connectivity index (χ0v) is 16.0. The number of aryl methyl sites for hydroxylation is 1. The summed E-state index contributed by atoms with van der Waals surface area (Å²) in [7, 11) is 0. The Bertz CT molecular complexity index is 1160. The Morgan fingerprint density at radius 1 is 1.04 bits per heavy atom. The largest absolute Gasteiger partial charge is 0.343 e. The highest BCUT2D eigenvalue weighted by atomic mass is 16.5. The first kappa shape index (κ1) is 17.7. The molecule has 0 radical (unpaired) electrons. The molecule has 138 valence electrons. The van der Waals surface area contributed by atoms with Gasteiger partial charge in [-0.15, -0.1) is 0 Å². The van der Waals surface area contributed by atoms with Gasteiger partial charge >= 0.3 is 0 Å². The van der Waals surface area contributed by atoms with E-state index in [0.717, 1.165) is 33.6 Å². The second kappa shape index (κ2) is 7.12. The first-order chi connectivity index (χ1) is 13.6. The molecule has 0 N–H and O–H groups in total. The van der Waals surface area contributed by atoms with Crippen molar-refractivity contribution >= 4 is 5.69 Å². The summed E-state index contributed by atoms with van der Waals surface area (Å²) in [4.78, 5) is 12.2. The molecule has 0 aliphatic rings. The molecule has 0 unspecified atom stereocenters. The van der Waals surface area contributed by atoms with E-state index in [4.69, 9.17) is 11.1 Å². The molecule has 6 nitrogen and oxygen atoms in total. The third-order valence-corrected chi connectivity index (χ3v) is 4.87. The normalized spacial score (nSPS) is 10.8. The second-order valence-corrected chi connectivity index (χ2v) is 6.67. The smallest absolute Gasteiger partial charge is 0.260 e. The van der Waals surface area contributed by atoms with E-state index in [1.165, 1.54) is 0 Å². The van der Waals surface area contributed by atoms with Crippen molar-refractivity contribution in [3.05, 3.63) is 83.0 Å². The van der Waals surface area contributed by atoms with E-state index < -0.39 is 0 Å². The number of pyridine rings is 1. The lowest BCUT2D eigenvalue weighted by Gasteiger charge is -2.10. The Morgan fingerprint density at radius 3 is 2.39 bits per heavy atom. The van der Waals surface area contributed by atoms with Crippen LogP contribution in [0, 0.1) is 27.3 Å². The maximum absolute atomic E-state index is 7.19. The minimum absolute atomic E-state index is 0.507. The average Bonchev–Trinajstić information content (AvgIpc) is 3.25. The van der Waals surface area contributed by atoms with Crippen LogP contribution in [0.2, 0.25) is 0 Å². The van der Waals surface area contributed by atoms with Crippen molar-refractivity contribution in [1.29, 1.82) is 0 Å². The fraction of sp³-hybridized carbons (Fsp3) is 0.182. The molecule has 4 rings (SSSR count). The third kappa shape index (κ3) is 3.08. The molecule has 4 aromatic rings. The molecule has 0 spiro atoms. The number of hydrogen-bond donors (Lipinski definition) is 0. The fourth-order valence-corrected chi connectivity index (χ4v) is 3.51. The minimum atomic E-state index is 0.507. The molecular formula is C22H19N5O. The molecule has 3 heterocycles. The van der Waals surface area contributed by atoms with E-state index in [1.807, 2.05) is 43.5 Å². The summed E-state index contributed by atoms with van der Waals surface area (Å²) < 4.78 is 7.76. The quantitative estimate of drug-likeness (QED) is 0.468. The molecular weight excluding hydrogens is 350 g/mol. The molecule has 0 saturated carbocycles. The lowest BCUT2D eigenvalue weighted by molar-refractivity contribution is 0.425. The van der Waals surface area contributed by atoms with Gasteiger partial charge in [-0.25, -0.2) is 4.85 Å². The summed E-state index contributed by atoms with van der Waals surface area (Å²) in [6, 6.07) is 11.6. The topological polar surface area (TPSA) is 61.1 Å². The summed E-state index contributed by atoms with van der Waals surface area (Å²) >= 11 is 0. The van der Waals surface area contributed by atoms with Crippen LogP contribution in [0.3, 0.4) is 0 Å². The van der Waals surface area contributed by atoms with Crippen molar-refractivity contribution in [3.63, 3.8) is 0 Å². The molecule has 0 bridgehead atoms. The van der Waals surface area contributed by atoms with Crippen LogP contribution in [0.5, 0.6) is 0 Å². The van der Waals surface area contributed by atoms with Gasteiger partial charge in [0, 0.05) is 35.9 Å². The fourth-order valence-electron chi connectivity index (χ4n) is 3.51. The van der Waals surface area contributed by atoms with Crippen molar-refractivity contribution in [2.75, 3.05) is 0 Å². The molecule has 1 aromatic carbocycles. The lowest BCUT2D eigenvalue weighted by atomic mass is 10.00. The maximum atomic E-state index is 7.19. The van der Waals surface area contributed by atoms with Crippen LogP contribution in [0.15, 0.2) is 53.3 Å². The van der Waals surface area contributed by atoms with E-state index in [-0.39, 0.29) is 0 Å². The number of benzene rings is 1. The van der Waals surface area contributed by atoms with Gasteiger partial charge in [0.05, 0.1) is 12.1 Å². The van der Waals surface area contributed by atoms with E-state index in [0.29, 0.717) is 23.9 Å². The molecule has 0 aliphatic heterocycles. The highest BCUT2D eigenvalue weighted by molar-refractivity contribution is 5.85. The van der Waals surface area contributed by atoms with Crippen LogP contribution in [-0.2, 0) is 6.54 Å². The van der Waals surface area contributed by atoms with Crippen LogP contribution in [-0.4, -0.2) is 19.7 Å². The van der Waals surface area contributed by atoms with E-state index >= 15 is 0 Å². The average molecular weight is 369 g/mol. The molecule has 28 heavy (non-hydrogen) atoms. The Hall–Kier alpha value is -3.72. The number of rotatable bonds is 4. The van der Waals surface area contributed by atoms with Crippen LogP contribution < -0.4 is 0 Å². The summed E-state index contributed by atoms with van der Waals surface area (Å²) in [6.07, 6.45) is 3.65. The van der Waals surface area contributed by atoms with Gasteiger partial charge in [-0.1, -0.05) is 35.5 Å². The highest BCUT2D eigenvalue weighted by Gasteiger charge is 2.24. The first-order valence-electron chi connectivity index (χ1n) is 8.95. The van der Waals surface area contributed by atoms with Crippen molar-refractivity contribution in [1.82, 2.24) is 19.7 Å². The second-order valence-electron chi connectivity index (χ2n) is 6.67. The number of aromatic nitrogens is 4. The Kier molecular flexibility index (Phi) is 4.50. The minimum Gasteiger partial charge on any atom is -0.343 e. The van der Waals surface area contributed by atoms with Gasteiger partial charge in [-0.3, -0.25) is 4.98 Å². The first-order valence-corrected chi connectivity index (χ1v) is 8.95. The van der Waals surface area contributed by atoms with Gasteiger partial charge in [0.1, 0.15) is 0 Å². The van der Waals surface area contributed by atoms with Crippen molar-refractivity contribution in [2.45, 2.75) is 27.3 Å². The SMILES string of the molecule is [C-]#[N+]c1ccc(-c2c(-c3nc(C)no3)c(C)n(Cc3cccnc3)c2C)cc1. The predicted octanol–water partition coefficient (Wildman–Crippen LogP) is 5.12. The lowest BCUT2D eigenvalue weighted by Crippen LogP contribution is -2.04. The Labute approximate surface area is 163 Å². The standard InChI is InChI=1S/C22H19N5O/c1-14-20(18-7-9-19(23-4)10-8-18)21(22-25-16(3)26-28-22)15(2)27(14)13-17-6-5-11-24-12-17/h5-12H,13H2,1-3H3. The highest BCUT2D eigenvalue weighted by Crippen LogP contribution is 2.39. The zero-order valence-electron chi connectivity index (χ0n) is 16.0. The van der Waals surface area contributed by atoms with Crippen molar-refractivity contribution < 1.29 is 4.52 Å². The van der Waals surface area contributed by atoms with Gasteiger partial charge in [0.15, 0.2) is 11.5 Å². The third-order valence-electron chi connectivity index (χ3n) is 4.87. The van der Waals surface area contributed by atoms with E-state index in [2.05, 4.69) is 44.5 Å². The van der Waals surface area contributed by atoms with Crippen LogP contribution in [0.1, 0.15) is 22.8 Å². The summed E-state index contributed by atoms with van der Waals surface area (Å²) in [5, 5.41) is 3.97.